The van der Waals surface area contributed by atoms with Gasteiger partial charge in [0.2, 0.25) is 0 Å². The lowest BCUT2D eigenvalue weighted by Gasteiger charge is -2.06. The van der Waals surface area contributed by atoms with Crippen LogP contribution in [-0.4, -0.2) is 9.67 Å². The van der Waals surface area contributed by atoms with Gasteiger partial charge in [-0.25, -0.2) is 0 Å². The second kappa shape index (κ2) is 4.80. The third kappa shape index (κ3) is 2.23. The molecule has 0 spiro atoms. The highest BCUT2D eigenvalue weighted by Crippen LogP contribution is 2.22. The molecular formula is C16H15NO2S. The zero-order valence-corrected chi connectivity index (χ0v) is 12.2. The van der Waals surface area contributed by atoms with E-state index in [1.807, 2.05) is 42.7 Å². The molecule has 0 aliphatic carbocycles. The van der Waals surface area contributed by atoms with Crippen molar-refractivity contribution >= 4 is 23.3 Å². The first-order valence-electron chi connectivity index (χ1n) is 6.43. The topological polar surface area (TPSA) is 38.3 Å². The maximum atomic E-state index is 9.80. The molecule has 3 rings (SSSR count). The lowest BCUT2D eigenvalue weighted by Crippen LogP contribution is -1.99. The van der Waals surface area contributed by atoms with E-state index in [-0.39, 0.29) is 0 Å². The largest absolute Gasteiger partial charge is 0.508 e. The summed E-state index contributed by atoms with van der Waals surface area (Å²) in [6, 6.07) is 11.7. The third-order valence-electron chi connectivity index (χ3n) is 3.44. The quantitative estimate of drug-likeness (QED) is 0.712. The molecule has 0 fully saturated rings. The molecule has 0 bridgehead atoms. The van der Waals surface area contributed by atoms with Gasteiger partial charge in [-0.1, -0.05) is 18.2 Å². The molecule has 1 heterocycles. The summed E-state index contributed by atoms with van der Waals surface area (Å²) in [5, 5.41) is 9.80. The summed E-state index contributed by atoms with van der Waals surface area (Å²) in [7, 11) is 0. The fourth-order valence-corrected chi connectivity index (χ4v) is 2.51. The van der Waals surface area contributed by atoms with Crippen LogP contribution in [0.5, 0.6) is 5.75 Å². The molecule has 2 aromatic carbocycles. The van der Waals surface area contributed by atoms with Crippen molar-refractivity contribution in [1.82, 2.24) is 4.57 Å². The van der Waals surface area contributed by atoms with Crippen LogP contribution in [0.2, 0.25) is 0 Å². The van der Waals surface area contributed by atoms with Crippen molar-refractivity contribution in [2.24, 2.45) is 0 Å². The second-order valence-electron chi connectivity index (χ2n) is 5.05. The van der Waals surface area contributed by atoms with Crippen molar-refractivity contribution in [2.75, 3.05) is 0 Å². The summed E-state index contributed by atoms with van der Waals surface area (Å²) in [5.74, 6) is 0.304. The van der Waals surface area contributed by atoms with Crippen LogP contribution in [0.15, 0.2) is 40.8 Å². The van der Waals surface area contributed by atoms with Crippen molar-refractivity contribution in [2.45, 2.75) is 20.4 Å². The minimum Gasteiger partial charge on any atom is -0.508 e. The molecular weight excluding hydrogens is 270 g/mol. The van der Waals surface area contributed by atoms with Gasteiger partial charge in [0.25, 0.3) is 4.84 Å². The van der Waals surface area contributed by atoms with E-state index in [0.29, 0.717) is 17.1 Å². The summed E-state index contributed by atoms with van der Waals surface area (Å²) in [4.78, 5) is 0.450. The van der Waals surface area contributed by atoms with E-state index >= 15 is 0 Å². The molecule has 102 valence electrons. The maximum Gasteiger partial charge on any atom is 0.269 e. The number of aryl methyl sites for hydroxylation is 2. The van der Waals surface area contributed by atoms with Gasteiger partial charge in [0, 0.05) is 0 Å². The Hall–Kier alpha value is -2.07. The molecule has 1 N–H and O–H groups in total. The number of hydrogen-bond donors (Lipinski definition) is 1. The molecule has 0 radical (unpaired) electrons. The highest BCUT2D eigenvalue weighted by atomic mass is 32.1. The molecule has 0 aliphatic rings. The molecule has 0 saturated carbocycles. The van der Waals surface area contributed by atoms with E-state index in [4.69, 9.17) is 16.6 Å². The minimum atomic E-state index is 0.304. The Morgan fingerprint density at radius 1 is 1.15 bits per heavy atom. The van der Waals surface area contributed by atoms with Gasteiger partial charge in [-0.05, 0) is 61.0 Å². The van der Waals surface area contributed by atoms with Crippen LogP contribution in [0.25, 0.3) is 11.1 Å². The second-order valence-corrected chi connectivity index (χ2v) is 5.40. The van der Waals surface area contributed by atoms with Crippen molar-refractivity contribution in [3.05, 3.63) is 57.9 Å². The van der Waals surface area contributed by atoms with Gasteiger partial charge in [-0.15, -0.1) is 0 Å². The van der Waals surface area contributed by atoms with Crippen molar-refractivity contribution in [1.29, 1.82) is 0 Å². The Labute approximate surface area is 122 Å². The normalized spacial score (nSPS) is 11.1. The number of phenolic OH excluding ortho intramolecular Hbond substituents is 1. The number of hydrogen-bond acceptors (Lipinski definition) is 3. The van der Waals surface area contributed by atoms with Gasteiger partial charge in [-0.3, -0.25) is 4.57 Å². The molecule has 0 aliphatic heterocycles. The van der Waals surface area contributed by atoms with Crippen LogP contribution in [0, 0.1) is 18.7 Å². The Kier molecular flexibility index (Phi) is 3.10. The van der Waals surface area contributed by atoms with Crippen molar-refractivity contribution in [3.8, 4) is 5.75 Å². The third-order valence-corrected chi connectivity index (χ3v) is 3.74. The highest BCUT2D eigenvalue weighted by molar-refractivity contribution is 7.71. The monoisotopic (exact) mass is 285 g/mol. The number of rotatable bonds is 2. The van der Waals surface area contributed by atoms with Gasteiger partial charge in [-0.2, -0.15) is 0 Å². The molecule has 4 heteroatoms. The number of phenols is 1. The molecule has 0 unspecified atom stereocenters. The Balaban J connectivity index is 2.10. The maximum absolute atomic E-state index is 9.80. The van der Waals surface area contributed by atoms with E-state index in [2.05, 4.69) is 6.07 Å². The standard InChI is InChI=1S/C16H15NO2S/c1-10-3-6-15-13(7-10)17(16(20)19-15)9-12-5-4-11(2)14(18)8-12/h3-8,18H,9H2,1-2H3. The summed E-state index contributed by atoms with van der Waals surface area (Å²) in [5.41, 5.74) is 4.79. The first-order chi connectivity index (χ1) is 9.54. The molecule has 0 amide bonds. The SMILES string of the molecule is Cc1ccc2oc(=S)n(Cc3ccc(C)c(O)c3)c2c1. The Morgan fingerprint density at radius 2 is 1.95 bits per heavy atom. The van der Waals surface area contributed by atoms with Crippen LogP contribution in [0.1, 0.15) is 16.7 Å². The predicted molar refractivity (Wildman–Crippen MR) is 81.7 cm³/mol. The number of nitrogens with zero attached hydrogens (tertiary/aromatic N) is 1. The highest BCUT2D eigenvalue weighted by Gasteiger charge is 2.08. The molecule has 20 heavy (non-hydrogen) atoms. The first-order valence-corrected chi connectivity index (χ1v) is 6.84. The van der Waals surface area contributed by atoms with Gasteiger partial charge >= 0.3 is 0 Å². The Bertz CT molecular complexity index is 845. The summed E-state index contributed by atoms with van der Waals surface area (Å²) < 4.78 is 7.54. The van der Waals surface area contributed by atoms with Gasteiger partial charge in [0.05, 0.1) is 12.1 Å². The van der Waals surface area contributed by atoms with Crippen molar-refractivity contribution < 1.29 is 9.52 Å². The summed E-state index contributed by atoms with van der Waals surface area (Å²) >= 11 is 5.29. The first kappa shape index (κ1) is 12.9. The number of benzene rings is 2. The van der Waals surface area contributed by atoms with E-state index in [0.717, 1.165) is 27.8 Å². The van der Waals surface area contributed by atoms with Crippen molar-refractivity contribution in [3.63, 3.8) is 0 Å². The number of oxazole rings is 1. The van der Waals surface area contributed by atoms with E-state index < -0.39 is 0 Å². The fraction of sp³-hybridized carbons (Fsp3) is 0.188. The molecule has 1 aromatic heterocycles. The number of aromatic hydroxyl groups is 1. The van der Waals surface area contributed by atoms with Crippen LogP contribution in [0.4, 0.5) is 0 Å². The molecule has 0 saturated heterocycles. The van der Waals surface area contributed by atoms with Crippen LogP contribution in [0.3, 0.4) is 0 Å². The van der Waals surface area contributed by atoms with Crippen LogP contribution in [-0.2, 0) is 6.54 Å². The van der Waals surface area contributed by atoms with Crippen LogP contribution >= 0.6 is 12.2 Å². The Morgan fingerprint density at radius 3 is 2.70 bits per heavy atom. The average molecular weight is 285 g/mol. The minimum absolute atomic E-state index is 0.304. The van der Waals surface area contributed by atoms with E-state index in [9.17, 15) is 5.11 Å². The summed E-state index contributed by atoms with van der Waals surface area (Å²) in [6.07, 6.45) is 0. The molecule has 0 atom stereocenters. The molecule has 3 aromatic rings. The number of fused-ring (bicyclic) bond motifs is 1. The van der Waals surface area contributed by atoms with Gasteiger partial charge in [0.1, 0.15) is 5.75 Å². The smallest absolute Gasteiger partial charge is 0.269 e. The van der Waals surface area contributed by atoms with Gasteiger partial charge < -0.3 is 9.52 Å². The van der Waals surface area contributed by atoms with Crippen LogP contribution < -0.4 is 0 Å². The van der Waals surface area contributed by atoms with E-state index in [1.165, 1.54) is 0 Å². The van der Waals surface area contributed by atoms with E-state index in [1.54, 1.807) is 6.07 Å². The number of aromatic nitrogens is 1. The lowest BCUT2D eigenvalue weighted by atomic mass is 10.1. The lowest BCUT2D eigenvalue weighted by molar-refractivity contribution is 0.469. The zero-order valence-electron chi connectivity index (χ0n) is 11.4. The zero-order chi connectivity index (χ0) is 14.3. The van der Waals surface area contributed by atoms with Gasteiger partial charge in [0.15, 0.2) is 5.58 Å². The average Bonchev–Trinajstić information content (AvgIpc) is 2.70. The summed E-state index contributed by atoms with van der Waals surface area (Å²) in [6.45, 7) is 4.50. The molecule has 3 nitrogen and oxygen atoms in total. The predicted octanol–water partition coefficient (Wildman–Crippen LogP) is 4.33. The fourth-order valence-electron chi connectivity index (χ4n) is 2.26.